The van der Waals surface area contributed by atoms with Gasteiger partial charge in [0.25, 0.3) is 5.91 Å². The summed E-state index contributed by atoms with van der Waals surface area (Å²) in [5.41, 5.74) is 5.08. The molecule has 0 aromatic heterocycles. The number of hydrogen-bond acceptors (Lipinski definition) is 5. The second-order valence-electron chi connectivity index (χ2n) is 6.49. The summed E-state index contributed by atoms with van der Waals surface area (Å²) in [6.45, 7) is 11.6. The van der Waals surface area contributed by atoms with Gasteiger partial charge in [-0.1, -0.05) is 32.9 Å². The molecule has 0 heterocycles. The zero-order valence-corrected chi connectivity index (χ0v) is 16.6. The summed E-state index contributed by atoms with van der Waals surface area (Å²) in [6, 6.07) is 5.96. The van der Waals surface area contributed by atoms with E-state index in [0.717, 1.165) is 11.1 Å². The van der Waals surface area contributed by atoms with E-state index in [0.29, 0.717) is 30.4 Å². The maximum atomic E-state index is 12.0. The van der Waals surface area contributed by atoms with Crippen molar-refractivity contribution < 1.29 is 19.1 Å². The number of nitrogens with one attached hydrogen (secondary N) is 1. The Labute approximate surface area is 156 Å². The van der Waals surface area contributed by atoms with Gasteiger partial charge in [0, 0.05) is 5.71 Å². The van der Waals surface area contributed by atoms with Crippen molar-refractivity contribution in [3.05, 3.63) is 29.3 Å². The number of nitrogens with zero attached hydrogens (tertiary/aromatic N) is 1. The zero-order chi connectivity index (χ0) is 19.7. The normalized spacial score (nSPS) is 12.7. The summed E-state index contributed by atoms with van der Waals surface area (Å²) in [7, 11) is 0. The molecule has 0 unspecified atom stereocenters. The third kappa shape index (κ3) is 6.50. The highest BCUT2D eigenvalue weighted by molar-refractivity contribution is 6.01. The van der Waals surface area contributed by atoms with E-state index in [1.807, 2.05) is 32.0 Å². The molecule has 144 valence electrons. The van der Waals surface area contributed by atoms with E-state index in [1.165, 1.54) is 0 Å². The molecule has 1 N–H and O–H groups in total. The highest BCUT2D eigenvalue weighted by atomic mass is 16.5. The molecule has 0 aliphatic heterocycles. The van der Waals surface area contributed by atoms with Gasteiger partial charge in [0.1, 0.15) is 5.75 Å². The fraction of sp³-hybridized carbons (Fsp3) is 0.550. The monoisotopic (exact) mass is 362 g/mol. The maximum absolute atomic E-state index is 12.0. The SMILES string of the molecule is CCOC(=O)[C@H](CC)/C(C)=N/NC(=O)COc1cc(C)ccc1C(C)C. The van der Waals surface area contributed by atoms with Crippen LogP contribution < -0.4 is 10.2 Å². The second kappa shape index (κ2) is 10.6. The van der Waals surface area contributed by atoms with E-state index in [2.05, 4.69) is 24.4 Å². The molecule has 1 atom stereocenters. The van der Waals surface area contributed by atoms with Gasteiger partial charge in [-0.3, -0.25) is 9.59 Å². The van der Waals surface area contributed by atoms with Crippen LogP contribution >= 0.6 is 0 Å². The summed E-state index contributed by atoms with van der Waals surface area (Å²) in [6.07, 6.45) is 0.557. The Morgan fingerprint density at radius 3 is 2.50 bits per heavy atom. The molecule has 0 aliphatic rings. The first-order chi connectivity index (χ1) is 12.3. The van der Waals surface area contributed by atoms with E-state index < -0.39 is 5.92 Å². The number of carbonyl (C=O) groups is 2. The quantitative estimate of drug-likeness (QED) is 0.414. The summed E-state index contributed by atoms with van der Waals surface area (Å²) in [5, 5.41) is 4.02. The fourth-order valence-electron chi connectivity index (χ4n) is 2.52. The van der Waals surface area contributed by atoms with Crippen LogP contribution in [0.4, 0.5) is 0 Å². The number of ether oxygens (including phenoxy) is 2. The lowest BCUT2D eigenvalue weighted by Crippen LogP contribution is -2.29. The van der Waals surface area contributed by atoms with Crippen LogP contribution in [0.1, 0.15) is 58.1 Å². The summed E-state index contributed by atoms with van der Waals surface area (Å²) in [5.74, 6) is -0.166. The number of hydrazone groups is 1. The van der Waals surface area contributed by atoms with Gasteiger partial charge < -0.3 is 9.47 Å². The second-order valence-corrected chi connectivity index (χ2v) is 6.49. The van der Waals surface area contributed by atoms with Gasteiger partial charge in [-0.15, -0.1) is 0 Å². The van der Waals surface area contributed by atoms with Crippen LogP contribution in [0.2, 0.25) is 0 Å². The lowest BCUT2D eigenvalue weighted by atomic mass is 10.0. The van der Waals surface area contributed by atoms with Crippen molar-refractivity contribution in [3.8, 4) is 5.75 Å². The molecule has 1 rings (SSSR count). The predicted octanol–water partition coefficient (Wildman–Crippen LogP) is 3.58. The van der Waals surface area contributed by atoms with Crippen molar-refractivity contribution in [1.82, 2.24) is 5.43 Å². The number of amides is 1. The van der Waals surface area contributed by atoms with Crippen LogP contribution in [-0.4, -0.2) is 30.8 Å². The molecule has 0 aliphatic carbocycles. The topological polar surface area (TPSA) is 77.0 Å². The summed E-state index contributed by atoms with van der Waals surface area (Å²) in [4.78, 5) is 23.9. The number of aryl methyl sites for hydroxylation is 1. The van der Waals surface area contributed by atoms with Crippen LogP contribution in [-0.2, 0) is 14.3 Å². The summed E-state index contributed by atoms with van der Waals surface area (Å²) < 4.78 is 10.7. The van der Waals surface area contributed by atoms with E-state index in [9.17, 15) is 9.59 Å². The van der Waals surface area contributed by atoms with Crippen LogP contribution in [0.15, 0.2) is 23.3 Å². The standard InChI is InChI=1S/C20H30N2O4/c1-7-16(20(24)25-8-2)15(6)21-22-19(23)12-26-18-11-14(5)9-10-17(18)13(3)4/h9-11,13,16H,7-8,12H2,1-6H3,(H,22,23)/b21-15+/t16-/m1/s1. The van der Waals surface area contributed by atoms with Crippen LogP contribution in [0, 0.1) is 12.8 Å². The Kier molecular flexibility index (Phi) is 8.82. The van der Waals surface area contributed by atoms with Crippen molar-refractivity contribution in [2.24, 2.45) is 11.0 Å². The first kappa shape index (κ1) is 21.7. The predicted molar refractivity (Wildman–Crippen MR) is 102 cm³/mol. The Hall–Kier alpha value is -2.37. The number of rotatable bonds is 9. The van der Waals surface area contributed by atoms with Crippen molar-refractivity contribution in [1.29, 1.82) is 0 Å². The molecule has 1 aromatic rings. The first-order valence-electron chi connectivity index (χ1n) is 9.03. The number of carbonyl (C=O) groups excluding carboxylic acids is 2. The average Bonchev–Trinajstić information content (AvgIpc) is 2.58. The van der Waals surface area contributed by atoms with Crippen molar-refractivity contribution in [2.45, 2.75) is 53.9 Å². The number of benzene rings is 1. The van der Waals surface area contributed by atoms with Crippen molar-refractivity contribution in [2.75, 3.05) is 13.2 Å². The van der Waals surface area contributed by atoms with Crippen LogP contribution in [0.25, 0.3) is 0 Å². The first-order valence-corrected chi connectivity index (χ1v) is 9.03. The van der Waals surface area contributed by atoms with E-state index >= 15 is 0 Å². The molecule has 26 heavy (non-hydrogen) atoms. The van der Waals surface area contributed by atoms with Gasteiger partial charge in [0.2, 0.25) is 0 Å². The lowest BCUT2D eigenvalue weighted by Gasteiger charge is -2.15. The highest BCUT2D eigenvalue weighted by Crippen LogP contribution is 2.27. The zero-order valence-electron chi connectivity index (χ0n) is 16.6. The molecule has 0 fully saturated rings. The van der Waals surface area contributed by atoms with E-state index in [-0.39, 0.29) is 18.5 Å². The Morgan fingerprint density at radius 2 is 1.92 bits per heavy atom. The van der Waals surface area contributed by atoms with E-state index in [4.69, 9.17) is 9.47 Å². The van der Waals surface area contributed by atoms with Gasteiger partial charge in [-0.25, -0.2) is 5.43 Å². The van der Waals surface area contributed by atoms with Gasteiger partial charge in [0.15, 0.2) is 6.61 Å². The van der Waals surface area contributed by atoms with Crippen LogP contribution in [0.5, 0.6) is 5.75 Å². The molecule has 6 heteroatoms. The van der Waals surface area contributed by atoms with Gasteiger partial charge in [0.05, 0.1) is 12.5 Å². The molecule has 0 bridgehead atoms. The van der Waals surface area contributed by atoms with Crippen molar-refractivity contribution in [3.63, 3.8) is 0 Å². The minimum Gasteiger partial charge on any atom is -0.483 e. The average molecular weight is 362 g/mol. The van der Waals surface area contributed by atoms with Gasteiger partial charge >= 0.3 is 5.97 Å². The molecule has 0 spiro atoms. The fourth-order valence-corrected chi connectivity index (χ4v) is 2.52. The van der Waals surface area contributed by atoms with Crippen molar-refractivity contribution >= 4 is 17.6 Å². The van der Waals surface area contributed by atoms with E-state index in [1.54, 1.807) is 13.8 Å². The minimum atomic E-state index is -0.458. The third-order valence-electron chi connectivity index (χ3n) is 3.99. The Bertz CT molecular complexity index is 653. The molecule has 0 saturated heterocycles. The molecule has 1 aromatic carbocycles. The Balaban J connectivity index is 2.67. The highest BCUT2D eigenvalue weighted by Gasteiger charge is 2.21. The summed E-state index contributed by atoms with van der Waals surface area (Å²) >= 11 is 0. The number of hydrogen-bond donors (Lipinski definition) is 1. The molecule has 0 saturated carbocycles. The third-order valence-corrected chi connectivity index (χ3v) is 3.99. The molecular formula is C20H30N2O4. The molecule has 0 radical (unpaired) electrons. The lowest BCUT2D eigenvalue weighted by molar-refractivity contribution is -0.145. The minimum absolute atomic E-state index is 0.143. The Morgan fingerprint density at radius 1 is 1.23 bits per heavy atom. The maximum Gasteiger partial charge on any atom is 0.314 e. The van der Waals surface area contributed by atoms with Gasteiger partial charge in [-0.05, 0) is 50.3 Å². The smallest absolute Gasteiger partial charge is 0.314 e. The molecule has 1 amide bonds. The van der Waals surface area contributed by atoms with Gasteiger partial charge in [-0.2, -0.15) is 5.10 Å². The largest absolute Gasteiger partial charge is 0.483 e. The molecule has 6 nitrogen and oxygen atoms in total. The molecular weight excluding hydrogens is 332 g/mol. The van der Waals surface area contributed by atoms with Crippen LogP contribution in [0.3, 0.4) is 0 Å². The number of esters is 1.